The highest BCUT2D eigenvalue weighted by atomic mass is 32.2. The van der Waals surface area contributed by atoms with Crippen LogP contribution >= 0.6 is 0 Å². The number of rotatable bonds is 6. The summed E-state index contributed by atoms with van der Waals surface area (Å²) >= 11 is 0. The maximum Gasteiger partial charge on any atom is 0.243 e. The fourth-order valence-corrected chi connectivity index (χ4v) is 5.05. The zero-order valence-electron chi connectivity index (χ0n) is 16.3. The molecule has 1 fully saturated rings. The second-order valence-electron chi connectivity index (χ2n) is 7.13. The molecule has 1 aliphatic rings. The average Bonchev–Trinajstić information content (AvgIpc) is 2.63. The first-order valence-electron chi connectivity index (χ1n) is 9.36. The van der Waals surface area contributed by atoms with Gasteiger partial charge in [0.1, 0.15) is 12.4 Å². The van der Waals surface area contributed by atoms with Gasteiger partial charge in [0.2, 0.25) is 10.0 Å². The molecule has 2 aromatic carbocycles. The molecule has 0 amide bonds. The zero-order valence-corrected chi connectivity index (χ0v) is 17.1. The van der Waals surface area contributed by atoms with Crippen molar-refractivity contribution in [3.05, 3.63) is 59.2 Å². The van der Waals surface area contributed by atoms with Gasteiger partial charge in [-0.05, 0) is 44.0 Å². The maximum atomic E-state index is 12.9. The molecule has 0 radical (unpaired) electrons. The number of hydrogen-bond acceptors (Lipinski definition) is 4. The number of sulfonamides is 1. The van der Waals surface area contributed by atoms with Gasteiger partial charge in [0, 0.05) is 32.7 Å². The molecule has 1 heterocycles. The minimum atomic E-state index is -3.43. The predicted octanol–water partition coefficient (Wildman–Crippen LogP) is 3.00. The van der Waals surface area contributed by atoms with Gasteiger partial charge < -0.3 is 4.74 Å². The minimum Gasteiger partial charge on any atom is -0.492 e. The first-order valence-corrected chi connectivity index (χ1v) is 10.8. The van der Waals surface area contributed by atoms with Gasteiger partial charge in [0.05, 0.1) is 4.90 Å². The van der Waals surface area contributed by atoms with Crippen molar-refractivity contribution in [3.63, 3.8) is 0 Å². The van der Waals surface area contributed by atoms with Gasteiger partial charge in [-0.3, -0.25) is 4.90 Å². The van der Waals surface area contributed by atoms with E-state index in [1.807, 2.05) is 57.2 Å². The summed E-state index contributed by atoms with van der Waals surface area (Å²) < 4.78 is 33.3. The SMILES string of the molecule is Cc1ccc(S(=O)(=O)N2CCN(CCOc3ccccc3C)CC2)c(C)c1. The summed E-state index contributed by atoms with van der Waals surface area (Å²) in [6.07, 6.45) is 0. The number of piperazine rings is 1. The second-order valence-corrected chi connectivity index (χ2v) is 9.03. The largest absolute Gasteiger partial charge is 0.492 e. The third-order valence-corrected chi connectivity index (χ3v) is 7.10. The van der Waals surface area contributed by atoms with Gasteiger partial charge in [-0.1, -0.05) is 35.9 Å². The van der Waals surface area contributed by atoms with Crippen LogP contribution < -0.4 is 4.74 Å². The quantitative estimate of drug-likeness (QED) is 0.763. The van der Waals surface area contributed by atoms with Gasteiger partial charge in [-0.2, -0.15) is 4.31 Å². The maximum absolute atomic E-state index is 12.9. The van der Waals surface area contributed by atoms with Crippen molar-refractivity contribution < 1.29 is 13.2 Å². The lowest BCUT2D eigenvalue weighted by Gasteiger charge is -2.34. The van der Waals surface area contributed by atoms with E-state index in [1.54, 1.807) is 10.4 Å². The van der Waals surface area contributed by atoms with Crippen LogP contribution in [0.5, 0.6) is 5.75 Å². The molecule has 0 bridgehead atoms. The molecule has 0 aromatic heterocycles. The van der Waals surface area contributed by atoms with Crippen LogP contribution in [0.3, 0.4) is 0 Å². The molecule has 0 unspecified atom stereocenters. The van der Waals surface area contributed by atoms with Crippen molar-refractivity contribution in [3.8, 4) is 5.75 Å². The van der Waals surface area contributed by atoms with Gasteiger partial charge >= 0.3 is 0 Å². The van der Waals surface area contributed by atoms with Crippen LogP contribution in [-0.4, -0.2) is 57.0 Å². The molecule has 3 rings (SSSR count). The van der Waals surface area contributed by atoms with Gasteiger partial charge in [-0.25, -0.2) is 8.42 Å². The Morgan fingerprint density at radius 3 is 2.30 bits per heavy atom. The van der Waals surface area contributed by atoms with Gasteiger partial charge in [-0.15, -0.1) is 0 Å². The smallest absolute Gasteiger partial charge is 0.243 e. The molecule has 2 aromatic rings. The van der Waals surface area contributed by atoms with Crippen LogP contribution in [0.1, 0.15) is 16.7 Å². The number of benzene rings is 2. The Morgan fingerprint density at radius 1 is 0.926 bits per heavy atom. The van der Waals surface area contributed by atoms with Crippen LogP contribution in [-0.2, 0) is 10.0 Å². The number of hydrogen-bond donors (Lipinski definition) is 0. The molecule has 5 nitrogen and oxygen atoms in total. The second kappa shape index (κ2) is 8.42. The highest BCUT2D eigenvalue weighted by Crippen LogP contribution is 2.22. The highest BCUT2D eigenvalue weighted by molar-refractivity contribution is 7.89. The summed E-state index contributed by atoms with van der Waals surface area (Å²) in [4.78, 5) is 2.68. The van der Waals surface area contributed by atoms with E-state index in [2.05, 4.69) is 4.90 Å². The third-order valence-electron chi connectivity index (χ3n) is 5.04. The number of ether oxygens (including phenoxy) is 1. The topological polar surface area (TPSA) is 49.9 Å². The molecular weight excluding hydrogens is 360 g/mol. The average molecular weight is 389 g/mol. The van der Waals surface area contributed by atoms with Crippen LogP contribution in [0.4, 0.5) is 0 Å². The van der Waals surface area contributed by atoms with Crippen molar-refractivity contribution in [1.29, 1.82) is 0 Å². The van der Waals surface area contributed by atoms with Crippen LogP contribution in [0.2, 0.25) is 0 Å². The summed E-state index contributed by atoms with van der Waals surface area (Å²) in [5.41, 5.74) is 3.01. The van der Waals surface area contributed by atoms with E-state index in [0.29, 0.717) is 24.6 Å². The predicted molar refractivity (Wildman–Crippen MR) is 108 cm³/mol. The Bertz CT molecular complexity index is 888. The molecule has 0 aliphatic carbocycles. The van der Waals surface area contributed by atoms with Crippen LogP contribution in [0.25, 0.3) is 0 Å². The van der Waals surface area contributed by atoms with Crippen LogP contribution in [0, 0.1) is 20.8 Å². The summed E-state index contributed by atoms with van der Waals surface area (Å²) in [5, 5.41) is 0. The summed E-state index contributed by atoms with van der Waals surface area (Å²) in [6, 6.07) is 13.5. The molecule has 27 heavy (non-hydrogen) atoms. The summed E-state index contributed by atoms with van der Waals surface area (Å²) in [5.74, 6) is 0.911. The van der Waals surface area contributed by atoms with Gasteiger partial charge in [0.25, 0.3) is 0 Å². The van der Waals surface area contributed by atoms with E-state index in [-0.39, 0.29) is 0 Å². The highest BCUT2D eigenvalue weighted by Gasteiger charge is 2.29. The fourth-order valence-electron chi connectivity index (χ4n) is 3.42. The molecule has 0 N–H and O–H groups in total. The van der Waals surface area contributed by atoms with Crippen LogP contribution in [0.15, 0.2) is 47.4 Å². The summed E-state index contributed by atoms with van der Waals surface area (Å²) in [7, 11) is -3.43. The van der Waals surface area contributed by atoms with Crippen molar-refractivity contribution in [1.82, 2.24) is 9.21 Å². The molecule has 6 heteroatoms. The van der Waals surface area contributed by atoms with Crippen molar-refractivity contribution in [2.45, 2.75) is 25.7 Å². The molecule has 0 saturated carbocycles. The monoisotopic (exact) mass is 388 g/mol. The molecule has 1 saturated heterocycles. The standard InChI is InChI=1S/C21H28N2O3S/c1-17-8-9-21(19(3)16-17)27(24,25)23-12-10-22(11-13-23)14-15-26-20-7-5-4-6-18(20)2/h4-9,16H,10-15H2,1-3H3. The first kappa shape index (κ1) is 19.9. The van der Waals surface area contributed by atoms with E-state index >= 15 is 0 Å². The number of nitrogens with zero attached hydrogens (tertiary/aromatic N) is 2. The lowest BCUT2D eigenvalue weighted by atomic mass is 10.2. The molecule has 1 aliphatic heterocycles. The van der Waals surface area contributed by atoms with Crippen molar-refractivity contribution in [2.75, 3.05) is 39.3 Å². The lowest BCUT2D eigenvalue weighted by molar-refractivity contribution is 0.158. The van der Waals surface area contributed by atoms with E-state index in [0.717, 1.165) is 42.1 Å². The van der Waals surface area contributed by atoms with Gasteiger partial charge in [0.15, 0.2) is 0 Å². The lowest BCUT2D eigenvalue weighted by Crippen LogP contribution is -2.49. The zero-order chi connectivity index (χ0) is 19.4. The van der Waals surface area contributed by atoms with E-state index in [1.165, 1.54) is 0 Å². The Labute approximate surface area is 162 Å². The molecule has 0 spiro atoms. The van der Waals surface area contributed by atoms with Crippen molar-refractivity contribution >= 4 is 10.0 Å². The Morgan fingerprint density at radius 2 is 1.63 bits per heavy atom. The van der Waals surface area contributed by atoms with E-state index < -0.39 is 10.0 Å². The summed E-state index contributed by atoms with van der Waals surface area (Å²) in [6.45, 7) is 9.75. The van der Waals surface area contributed by atoms with E-state index in [4.69, 9.17) is 4.74 Å². The fraction of sp³-hybridized carbons (Fsp3) is 0.429. The Balaban J connectivity index is 1.53. The molecule has 0 atom stereocenters. The number of para-hydroxylation sites is 1. The molecular formula is C21H28N2O3S. The molecule has 146 valence electrons. The Hall–Kier alpha value is -1.89. The normalized spacial score (nSPS) is 16.4. The first-order chi connectivity index (χ1) is 12.9. The van der Waals surface area contributed by atoms with Crippen molar-refractivity contribution in [2.24, 2.45) is 0 Å². The number of aryl methyl sites for hydroxylation is 3. The Kier molecular flexibility index (Phi) is 6.19. The van der Waals surface area contributed by atoms with E-state index in [9.17, 15) is 8.42 Å². The third kappa shape index (κ3) is 4.69. The minimum absolute atomic E-state index is 0.421.